The molecule has 26 heavy (non-hydrogen) atoms. The molecule has 0 unspecified atom stereocenters. The van der Waals surface area contributed by atoms with Crippen molar-refractivity contribution in [1.29, 1.82) is 0 Å². The summed E-state index contributed by atoms with van der Waals surface area (Å²) in [7, 11) is 1.99. The van der Waals surface area contributed by atoms with Crippen LogP contribution in [-0.4, -0.2) is 25.1 Å². The highest BCUT2D eigenvalue weighted by atomic mass is 32.1. The predicted octanol–water partition coefficient (Wildman–Crippen LogP) is 4.26. The number of thiophene rings is 1. The SMILES string of the molecule is CC(=O)c1cc(Cn2ccc(-c3cccc(-c4nccn4C)c3)n2)cs1. The van der Waals surface area contributed by atoms with E-state index < -0.39 is 0 Å². The molecular weight excluding hydrogens is 344 g/mol. The molecule has 0 aliphatic carbocycles. The number of rotatable bonds is 5. The summed E-state index contributed by atoms with van der Waals surface area (Å²) >= 11 is 1.48. The van der Waals surface area contributed by atoms with Gasteiger partial charge in [-0.15, -0.1) is 11.3 Å². The third-order valence-electron chi connectivity index (χ3n) is 4.22. The highest BCUT2D eigenvalue weighted by Crippen LogP contribution is 2.24. The highest BCUT2D eigenvalue weighted by Gasteiger charge is 2.09. The van der Waals surface area contributed by atoms with E-state index >= 15 is 0 Å². The lowest BCUT2D eigenvalue weighted by Crippen LogP contribution is -1.99. The third-order valence-corrected chi connectivity index (χ3v) is 5.30. The number of aromatic nitrogens is 4. The van der Waals surface area contributed by atoms with Crippen LogP contribution in [0.15, 0.2) is 60.4 Å². The Hall–Kier alpha value is -2.99. The molecule has 0 spiro atoms. The quantitative estimate of drug-likeness (QED) is 0.498. The normalized spacial score (nSPS) is 11.0. The molecule has 0 aliphatic rings. The smallest absolute Gasteiger partial charge is 0.169 e. The van der Waals surface area contributed by atoms with Crippen molar-refractivity contribution in [3.8, 4) is 22.6 Å². The molecule has 4 rings (SSSR count). The van der Waals surface area contributed by atoms with Gasteiger partial charge in [0.25, 0.3) is 0 Å². The van der Waals surface area contributed by atoms with E-state index in [0.29, 0.717) is 6.54 Å². The number of ketones is 1. The molecule has 0 atom stereocenters. The summed E-state index contributed by atoms with van der Waals surface area (Å²) in [4.78, 5) is 16.6. The highest BCUT2D eigenvalue weighted by molar-refractivity contribution is 7.12. The lowest BCUT2D eigenvalue weighted by molar-refractivity contribution is 0.102. The van der Waals surface area contributed by atoms with Crippen molar-refractivity contribution < 1.29 is 4.79 Å². The summed E-state index contributed by atoms with van der Waals surface area (Å²) in [5.74, 6) is 1.04. The number of carbonyl (C=O) groups is 1. The van der Waals surface area contributed by atoms with E-state index in [9.17, 15) is 4.79 Å². The van der Waals surface area contributed by atoms with E-state index in [2.05, 4.69) is 28.3 Å². The second kappa shape index (κ2) is 6.72. The van der Waals surface area contributed by atoms with Gasteiger partial charge in [0.1, 0.15) is 5.82 Å². The zero-order valence-electron chi connectivity index (χ0n) is 14.6. The Labute approximate surface area is 155 Å². The van der Waals surface area contributed by atoms with Gasteiger partial charge in [-0.05, 0) is 36.1 Å². The molecule has 0 aliphatic heterocycles. The number of carbonyl (C=O) groups excluding carboxylic acids is 1. The predicted molar refractivity (Wildman–Crippen MR) is 103 cm³/mol. The molecule has 1 aromatic carbocycles. The van der Waals surface area contributed by atoms with Gasteiger partial charge in [0.05, 0.1) is 17.1 Å². The number of aryl methyl sites for hydroxylation is 1. The number of benzene rings is 1. The largest absolute Gasteiger partial charge is 0.334 e. The minimum absolute atomic E-state index is 0.105. The van der Waals surface area contributed by atoms with Gasteiger partial charge in [-0.3, -0.25) is 9.48 Å². The van der Waals surface area contributed by atoms with Crippen LogP contribution in [0.3, 0.4) is 0 Å². The van der Waals surface area contributed by atoms with Gasteiger partial charge in [-0.25, -0.2) is 4.98 Å². The minimum atomic E-state index is 0.105. The summed E-state index contributed by atoms with van der Waals surface area (Å²) in [5.41, 5.74) is 4.13. The summed E-state index contributed by atoms with van der Waals surface area (Å²) in [6, 6.07) is 12.2. The standard InChI is InChI=1S/C20H18N4OS/c1-14(25)19-10-15(13-26-19)12-24-8-6-18(22-24)16-4-3-5-17(11-16)20-21-7-9-23(20)2/h3-11,13H,12H2,1-2H3. The molecular formula is C20H18N4OS. The monoisotopic (exact) mass is 362 g/mol. The van der Waals surface area contributed by atoms with Gasteiger partial charge >= 0.3 is 0 Å². The van der Waals surface area contributed by atoms with Crippen LogP contribution in [0.1, 0.15) is 22.2 Å². The molecule has 0 fully saturated rings. The molecule has 0 saturated carbocycles. The first-order valence-electron chi connectivity index (χ1n) is 8.30. The van der Waals surface area contributed by atoms with E-state index in [4.69, 9.17) is 0 Å². The van der Waals surface area contributed by atoms with Gasteiger partial charge < -0.3 is 4.57 Å². The van der Waals surface area contributed by atoms with Gasteiger partial charge in [0, 0.05) is 36.8 Å². The van der Waals surface area contributed by atoms with Crippen molar-refractivity contribution >= 4 is 17.1 Å². The van der Waals surface area contributed by atoms with E-state index in [1.807, 2.05) is 52.3 Å². The van der Waals surface area contributed by atoms with Crippen molar-refractivity contribution in [2.75, 3.05) is 0 Å². The fourth-order valence-electron chi connectivity index (χ4n) is 2.90. The Morgan fingerprint density at radius 3 is 2.73 bits per heavy atom. The first-order valence-corrected chi connectivity index (χ1v) is 9.18. The third kappa shape index (κ3) is 3.23. The summed E-state index contributed by atoms with van der Waals surface area (Å²) in [5, 5.41) is 6.70. The number of Topliss-reactive ketones (excluding diaryl/α,β-unsaturated/α-hetero) is 1. The van der Waals surface area contributed by atoms with Crippen molar-refractivity contribution in [2.24, 2.45) is 7.05 Å². The van der Waals surface area contributed by atoms with Crippen LogP contribution in [0.4, 0.5) is 0 Å². The topological polar surface area (TPSA) is 52.7 Å². The fourth-order valence-corrected chi connectivity index (χ4v) is 3.70. The Bertz CT molecular complexity index is 1070. The Morgan fingerprint density at radius 1 is 1.15 bits per heavy atom. The Kier molecular flexibility index (Phi) is 4.26. The Morgan fingerprint density at radius 2 is 2.00 bits per heavy atom. The van der Waals surface area contributed by atoms with Crippen molar-refractivity contribution in [1.82, 2.24) is 19.3 Å². The summed E-state index contributed by atoms with van der Waals surface area (Å²) in [6.07, 6.45) is 5.70. The minimum Gasteiger partial charge on any atom is -0.334 e. The van der Waals surface area contributed by atoms with Crippen LogP contribution in [0.2, 0.25) is 0 Å². The summed E-state index contributed by atoms with van der Waals surface area (Å²) in [6.45, 7) is 2.25. The lowest BCUT2D eigenvalue weighted by Gasteiger charge is -2.04. The van der Waals surface area contributed by atoms with Crippen LogP contribution in [-0.2, 0) is 13.6 Å². The molecule has 5 nitrogen and oxygen atoms in total. The number of imidazole rings is 1. The van der Waals surface area contributed by atoms with Gasteiger partial charge in [0.15, 0.2) is 5.78 Å². The number of hydrogen-bond acceptors (Lipinski definition) is 4. The molecule has 6 heteroatoms. The first-order chi connectivity index (χ1) is 12.6. The van der Waals surface area contributed by atoms with E-state index in [1.54, 1.807) is 13.1 Å². The van der Waals surface area contributed by atoms with Crippen molar-refractivity contribution in [3.63, 3.8) is 0 Å². The zero-order chi connectivity index (χ0) is 18.1. The van der Waals surface area contributed by atoms with Crippen molar-refractivity contribution in [3.05, 3.63) is 70.8 Å². The molecule has 3 heterocycles. The number of nitrogens with zero attached hydrogens (tertiary/aromatic N) is 4. The van der Waals surface area contributed by atoms with Crippen LogP contribution < -0.4 is 0 Å². The lowest BCUT2D eigenvalue weighted by atomic mass is 10.1. The average molecular weight is 362 g/mol. The molecule has 0 N–H and O–H groups in total. The molecule has 4 aromatic rings. The van der Waals surface area contributed by atoms with Crippen molar-refractivity contribution in [2.45, 2.75) is 13.5 Å². The van der Waals surface area contributed by atoms with E-state index in [0.717, 1.165) is 33.1 Å². The average Bonchev–Trinajstić information content (AvgIpc) is 3.36. The summed E-state index contributed by atoms with van der Waals surface area (Å²) < 4.78 is 3.90. The van der Waals surface area contributed by atoms with Gasteiger partial charge in [-0.1, -0.05) is 18.2 Å². The maximum absolute atomic E-state index is 11.4. The molecule has 0 saturated heterocycles. The maximum atomic E-state index is 11.4. The van der Waals surface area contributed by atoms with Gasteiger partial charge in [0.2, 0.25) is 0 Å². The van der Waals surface area contributed by atoms with E-state index in [-0.39, 0.29) is 5.78 Å². The van der Waals surface area contributed by atoms with Crippen LogP contribution >= 0.6 is 11.3 Å². The zero-order valence-corrected chi connectivity index (χ0v) is 15.4. The van der Waals surface area contributed by atoms with Crippen LogP contribution in [0.5, 0.6) is 0 Å². The number of hydrogen-bond donors (Lipinski definition) is 0. The second-order valence-corrected chi connectivity index (χ2v) is 7.13. The van der Waals surface area contributed by atoms with Gasteiger partial charge in [-0.2, -0.15) is 5.10 Å². The molecule has 0 bridgehead atoms. The molecule has 0 amide bonds. The van der Waals surface area contributed by atoms with Crippen LogP contribution in [0, 0.1) is 0 Å². The second-order valence-electron chi connectivity index (χ2n) is 6.22. The maximum Gasteiger partial charge on any atom is 0.169 e. The van der Waals surface area contributed by atoms with Crippen LogP contribution in [0.25, 0.3) is 22.6 Å². The Balaban J connectivity index is 1.58. The molecule has 3 aromatic heterocycles. The van der Waals surface area contributed by atoms with E-state index in [1.165, 1.54) is 11.3 Å². The molecule has 0 radical (unpaired) electrons. The molecule has 130 valence electrons. The first kappa shape index (κ1) is 16.5. The fraction of sp³-hybridized carbons (Fsp3) is 0.150.